The maximum Gasteiger partial charge on any atom is 0.267 e. The summed E-state index contributed by atoms with van der Waals surface area (Å²) in [4.78, 5) is 26.5. The molecular formula is C18H25N5O3. The molecule has 1 fully saturated rings. The molecule has 2 amide bonds. The summed E-state index contributed by atoms with van der Waals surface area (Å²) < 4.78 is 6.90. The molecule has 0 unspecified atom stereocenters. The summed E-state index contributed by atoms with van der Waals surface area (Å²) in [5.41, 5.74) is 1.67. The van der Waals surface area contributed by atoms with Gasteiger partial charge in [-0.1, -0.05) is 11.6 Å². The molecule has 3 rings (SSSR count). The highest BCUT2D eigenvalue weighted by Crippen LogP contribution is 2.31. The normalized spacial score (nSPS) is 17.9. The van der Waals surface area contributed by atoms with E-state index < -0.39 is 0 Å². The first-order chi connectivity index (χ1) is 12.5. The molecule has 2 N–H and O–H groups in total. The first-order valence-electron chi connectivity index (χ1n) is 8.84. The standard InChI is InChI=1S/C18H25N5O3/c1-12-10-16(21-26-12)20-17(24)11-23-9-5-4-6-14(23)13-7-8-15(22(13)3)18(25)19-2/h7-8,10,14H,4-6,9,11H2,1-3H3,(H,19,25)(H,20,21,24)/t14-/m0/s1. The van der Waals surface area contributed by atoms with Gasteiger partial charge in [0.1, 0.15) is 11.5 Å². The Morgan fingerprint density at radius 3 is 2.85 bits per heavy atom. The van der Waals surface area contributed by atoms with Crippen LogP contribution in [-0.2, 0) is 11.8 Å². The Hall–Kier alpha value is -2.61. The van der Waals surface area contributed by atoms with Crippen molar-refractivity contribution in [3.63, 3.8) is 0 Å². The number of carbonyl (C=O) groups excluding carboxylic acids is 2. The van der Waals surface area contributed by atoms with Gasteiger partial charge in [-0.25, -0.2) is 0 Å². The molecule has 3 heterocycles. The van der Waals surface area contributed by atoms with Gasteiger partial charge in [-0.15, -0.1) is 0 Å². The van der Waals surface area contributed by atoms with Crippen molar-refractivity contribution in [2.24, 2.45) is 7.05 Å². The van der Waals surface area contributed by atoms with Crippen LogP contribution in [0, 0.1) is 6.92 Å². The fourth-order valence-corrected chi connectivity index (χ4v) is 3.53. The molecule has 0 aliphatic carbocycles. The van der Waals surface area contributed by atoms with Gasteiger partial charge in [-0.05, 0) is 38.4 Å². The molecule has 0 bridgehead atoms. The van der Waals surface area contributed by atoms with E-state index in [1.165, 1.54) is 0 Å². The summed E-state index contributed by atoms with van der Waals surface area (Å²) in [6, 6.07) is 5.61. The molecule has 0 radical (unpaired) electrons. The third-order valence-corrected chi connectivity index (χ3v) is 4.82. The van der Waals surface area contributed by atoms with E-state index in [1.807, 2.05) is 23.7 Å². The minimum Gasteiger partial charge on any atom is -0.360 e. The number of piperidine rings is 1. The highest BCUT2D eigenvalue weighted by molar-refractivity contribution is 5.93. The SMILES string of the molecule is CNC(=O)c1ccc([C@@H]2CCCCN2CC(=O)Nc2cc(C)on2)n1C. The van der Waals surface area contributed by atoms with Crippen molar-refractivity contribution in [2.75, 3.05) is 25.5 Å². The lowest BCUT2D eigenvalue weighted by molar-refractivity contribution is -0.118. The Bertz CT molecular complexity index is 795. The van der Waals surface area contributed by atoms with Crippen LogP contribution >= 0.6 is 0 Å². The van der Waals surface area contributed by atoms with Gasteiger partial charge in [0.25, 0.3) is 5.91 Å². The fourth-order valence-electron chi connectivity index (χ4n) is 3.53. The largest absolute Gasteiger partial charge is 0.360 e. The topological polar surface area (TPSA) is 92.4 Å². The van der Waals surface area contributed by atoms with E-state index in [0.717, 1.165) is 31.5 Å². The van der Waals surface area contributed by atoms with Gasteiger partial charge >= 0.3 is 0 Å². The maximum atomic E-state index is 12.4. The number of nitrogens with zero attached hydrogens (tertiary/aromatic N) is 3. The molecule has 8 heteroatoms. The van der Waals surface area contributed by atoms with E-state index in [1.54, 1.807) is 20.0 Å². The van der Waals surface area contributed by atoms with Crippen LogP contribution in [0.5, 0.6) is 0 Å². The van der Waals surface area contributed by atoms with Gasteiger partial charge in [-0.2, -0.15) is 0 Å². The first kappa shape index (κ1) is 18.2. The monoisotopic (exact) mass is 359 g/mol. The zero-order chi connectivity index (χ0) is 18.7. The lowest BCUT2D eigenvalue weighted by Crippen LogP contribution is -2.40. The van der Waals surface area contributed by atoms with Crippen molar-refractivity contribution in [3.05, 3.63) is 35.3 Å². The molecule has 0 aromatic carbocycles. The predicted octanol–water partition coefficient (Wildman–Crippen LogP) is 1.85. The Morgan fingerprint density at radius 1 is 1.35 bits per heavy atom. The minimum absolute atomic E-state index is 0.108. The zero-order valence-corrected chi connectivity index (χ0v) is 15.4. The third-order valence-electron chi connectivity index (χ3n) is 4.82. The Kier molecular flexibility index (Phi) is 5.41. The number of rotatable bonds is 5. The number of aryl methyl sites for hydroxylation is 1. The summed E-state index contributed by atoms with van der Waals surface area (Å²) in [5, 5.41) is 9.23. The van der Waals surface area contributed by atoms with Crippen LogP contribution in [0.2, 0.25) is 0 Å². The van der Waals surface area contributed by atoms with Crippen LogP contribution in [0.25, 0.3) is 0 Å². The lowest BCUT2D eigenvalue weighted by Gasteiger charge is -2.35. The minimum atomic E-state index is -0.120. The molecule has 140 valence electrons. The average molecular weight is 359 g/mol. The summed E-state index contributed by atoms with van der Waals surface area (Å²) in [6.45, 7) is 2.90. The van der Waals surface area contributed by atoms with Crippen LogP contribution in [0.1, 0.15) is 47.2 Å². The van der Waals surface area contributed by atoms with E-state index >= 15 is 0 Å². The second-order valence-electron chi connectivity index (χ2n) is 6.63. The fraction of sp³-hybridized carbons (Fsp3) is 0.500. The number of hydrogen-bond donors (Lipinski definition) is 2. The van der Waals surface area contributed by atoms with Crippen molar-refractivity contribution in [3.8, 4) is 0 Å². The maximum absolute atomic E-state index is 12.4. The quantitative estimate of drug-likeness (QED) is 0.850. The Balaban J connectivity index is 1.73. The molecule has 1 atom stereocenters. The average Bonchev–Trinajstić information content (AvgIpc) is 3.20. The number of nitrogens with one attached hydrogen (secondary N) is 2. The smallest absolute Gasteiger partial charge is 0.267 e. The highest BCUT2D eigenvalue weighted by atomic mass is 16.5. The van der Waals surface area contributed by atoms with Crippen molar-refractivity contribution < 1.29 is 14.1 Å². The van der Waals surface area contributed by atoms with Crippen LogP contribution < -0.4 is 10.6 Å². The third kappa shape index (κ3) is 3.80. The van der Waals surface area contributed by atoms with Gasteiger partial charge in [-0.3, -0.25) is 14.5 Å². The number of likely N-dealkylation sites (tertiary alicyclic amines) is 1. The lowest BCUT2D eigenvalue weighted by atomic mass is 9.99. The van der Waals surface area contributed by atoms with Gasteiger partial charge in [0.15, 0.2) is 5.82 Å². The van der Waals surface area contributed by atoms with Gasteiger partial charge in [0.2, 0.25) is 5.91 Å². The molecule has 1 saturated heterocycles. The highest BCUT2D eigenvalue weighted by Gasteiger charge is 2.28. The van der Waals surface area contributed by atoms with Gasteiger partial charge in [0.05, 0.1) is 12.6 Å². The summed E-state index contributed by atoms with van der Waals surface area (Å²) >= 11 is 0. The van der Waals surface area contributed by atoms with Crippen molar-refractivity contribution in [1.29, 1.82) is 0 Å². The molecule has 26 heavy (non-hydrogen) atoms. The number of aromatic nitrogens is 2. The van der Waals surface area contributed by atoms with Gasteiger partial charge in [0, 0.05) is 25.9 Å². The molecule has 0 spiro atoms. The van der Waals surface area contributed by atoms with Crippen molar-refractivity contribution in [2.45, 2.75) is 32.2 Å². The summed E-state index contributed by atoms with van der Waals surface area (Å²) in [7, 11) is 3.52. The number of amides is 2. The van der Waals surface area contributed by atoms with E-state index in [9.17, 15) is 9.59 Å². The Morgan fingerprint density at radius 2 is 2.15 bits per heavy atom. The molecular weight excluding hydrogens is 334 g/mol. The molecule has 2 aromatic rings. The van der Waals surface area contributed by atoms with Crippen LogP contribution in [-0.4, -0.2) is 46.6 Å². The summed E-state index contributed by atoms with van der Waals surface area (Å²) in [6.07, 6.45) is 3.12. The van der Waals surface area contributed by atoms with E-state index in [-0.39, 0.29) is 24.4 Å². The zero-order valence-electron chi connectivity index (χ0n) is 15.4. The molecule has 0 saturated carbocycles. The van der Waals surface area contributed by atoms with Crippen LogP contribution in [0.15, 0.2) is 22.7 Å². The molecule has 8 nitrogen and oxygen atoms in total. The van der Waals surface area contributed by atoms with Crippen LogP contribution in [0.3, 0.4) is 0 Å². The molecule has 2 aromatic heterocycles. The van der Waals surface area contributed by atoms with Crippen molar-refractivity contribution in [1.82, 2.24) is 19.9 Å². The molecule has 1 aliphatic heterocycles. The molecule has 1 aliphatic rings. The Labute approximate surface area is 152 Å². The predicted molar refractivity (Wildman–Crippen MR) is 96.8 cm³/mol. The second-order valence-corrected chi connectivity index (χ2v) is 6.63. The van der Waals surface area contributed by atoms with Crippen molar-refractivity contribution >= 4 is 17.6 Å². The van der Waals surface area contributed by atoms with Crippen LogP contribution in [0.4, 0.5) is 5.82 Å². The number of carbonyl (C=O) groups is 2. The van der Waals surface area contributed by atoms with E-state index in [2.05, 4.69) is 20.7 Å². The van der Waals surface area contributed by atoms with Gasteiger partial charge < -0.3 is 19.7 Å². The van der Waals surface area contributed by atoms with E-state index in [4.69, 9.17) is 4.52 Å². The number of anilines is 1. The number of hydrogen-bond acceptors (Lipinski definition) is 5. The summed E-state index contributed by atoms with van der Waals surface area (Å²) in [5.74, 6) is 0.856. The van der Waals surface area contributed by atoms with E-state index in [0.29, 0.717) is 17.3 Å². The first-order valence-corrected chi connectivity index (χ1v) is 8.84. The second kappa shape index (κ2) is 7.74.